The lowest BCUT2D eigenvalue weighted by Crippen LogP contribution is -2.34. The van der Waals surface area contributed by atoms with Crippen LogP contribution in [0.1, 0.15) is 12.8 Å². The molecule has 0 aromatic carbocycles. The Balaban J connectivity index is 2.14. The maximum absolute atomic E-state index is 12.3. The summed E-state index contributed by atoms with van der Waals surface area (Å²) in [5.41, 5.74) is 0.443. The van der Waals surface area contributed by atoms with Gasteiger partial charge in [-0.15, -0.1) is 0 Å². The lowest BCUT2D eigenvalue weighted by molar-refractivity contribution is -0.146. The molecule has 1 aromatic heterocycles. The number of carbonyl (C=O) groups is 2. The Hall–Kier alpha value is -2.37. The van der Waals surface area contributed by atoms with E-state index >= 15 is 0 Å². The number of aromatic nitrogens is 1. The Morgan fingerprint density at radius 2 is 2.05 bits per heavy atom. The maximum atomic E-state index is 12.3. The standard InChI is InChI=1S/C14H16N2O4/c1-20-13-11(7-4-8-15-13)16-12(17)9-5-2-3-6-10(9)14(18)19/h2-4,7-10H,5-6H2,1H3,(H,16,17)(H,18,19). The molecule has 0 aliphatic heterocycles. The van der Waals surface area contributed by atoms with Gasteiger partial charge in [0.15, 0.2) is 0 Å². The molecule has 1 aliphatic carbocycles. The molecule has 6 nitrogen and oxygen atoms in total. The lowest BCUT2D eigenvalue weighted by Gasteiger charge is -2.24. The van der Waals surface area contributed by atoms with Gasteiger partial charge >= 0.3 is 5.97 Å². The molecule has 0 saturated carbocycles. The number of hydrogen-bond acceptors (Lipinski definition) is 4. The average Bonchev–Trinajstić information content (AvgIpc) is 2.47. The second-order valence-corrected chi connectivity index (χ2v) is 4.54. The SMILES string of the molecule is COc1ncccc1NC(=O)C1CC=CCC1C(=O)O. The zero-order valence-corrected chi connectivity index (χ0v) is 11.1. The summed E-state index contributed by atoms with van der Waals surface area (Å²) < 4.78 is 5.05. The normalized spacial score (nSPS) is 21.2. The van der Waals surface area contributed by atoms with Crippen LogP contribution in [0.4, 0.5) is 5.69 Å². The first-order valence-corrected chi connectivity index (χ1v) is 6.31. The number of methoxy groups -OCH3 is 1. The Morgan fingerprint density at radius 1 is 1.35 bits per heavy atom. The van der Waals surface area contributed by atoms with Crippen molar-refractivity contribution >= 4 is 17.6 Å². The van der Waals surface area contributed by atoms with Crippen LogP contribution in [0.25, 0.3) is 0 Å². The predicted molar refractivity (Wildman–Crippen MR) is 72.4 cm³/mol. The first-order valence-electron chi connectivity index (χ1n) is 6.31. The molecule has 0 saturated heterocycles. The van der Waals surface area contributed by atoms with Crippen molar-refractivity contribution in [2.45, 2.75) is 12.8 Å². The predicted octanol–water partition coefficient (Wildman–Crippen LogP) is 1.70. The van der Waals surface area contributed by atoms with Crippen molar-refractivity contribution in [2.24, 2.45) is 11.8 Å². The highest BCUT2D eigenvalue weighted by atomic mass is 16.5. The van der Waals surface area contributed by atoms with E-state index < -0.39 is 17.8 Å². The summed E-state index contributed by atoms with van der Waals surface area (Å²) in [4.78, 5) is 27.4. The lowest BCUT2D eigenvalue weighted by atomic mass is 9.82. The van der Waals surface area contributed by atoms with Crippen molar-refractivity contribution in [3.05, 3.63) is 30.5 Å². The third-order valence-corrected chi connectivity index (χ3v) is 3.31. The van der Waals surface area contributed by atoms with Gasteiger partial charge in [0.05, 0.1) is 18.9 Å². The zero-order valence-electron chi connectivity index (χ0n) is 11.1. The van der Waals surface area contributed by atoms with Gasteiger partial charge < -0.3 is 15.2 Å². The molecule has 2 rings (SSSR count). The summed E-state index contributed by atoms with van der Waals surface area (Å²) in [6.45, 7) is 0. The summed E-state index contributed by atoms with van der Waals surface area (Å²) in [5, 5.41) is 11.9. The second-order valence-electron chi connectivity index (χ2n) is 4.54. The van der Waals surface area contributed by atoms with E-state index in [1.807, 2.05) is 6.08 Å². The highest BCUT2D eigenvalue weighted by Gasteiger charge is 2.34. The van der Waals surface area contributed by atoms with Crippen molar-refractivity contribution in [3.8, 4) is 5.88 Å². The van der Waals surface area contributed by atoms with Gasteiger partial charge in [-0.25, -0.2) is 4.98 Å². The first kappa shape index (κ1) is 14.0. The first-order chi connectivity index (χ1) is 9.63. The molecule has 106 valence electrons. The van der Waals surface area contributed by atoms with Crippen molar-refractivity contribution in [3.63, 3.8) is 0 Å². The smallest absolute Gasteiger partial charge is 0.307 e. The van der Waals surface area contributed by atoms with Crippen LogP contribution in [0.5, 0.6) is 5.88 Å². The van der Waals surface area contributed by atoms with E-state index in [0.717, 1.165) is 0 Å². The van der Waals surface area contributed by atoms with Crippen LogP contribution in [0, 0.1) is 11.8 Å². The molecule has 1 aromatic rings. The number of amides is 1. The number of rotatable bonds is 4. The number of carboxylic acids is 1. The Morgan fingerprint density at radius 3 is 2.70 bits per heavy atom. The van der Waals surface area contributed by atoms with E-state index in [-0.39, 0.29) is 5.91 Å². The summed E-state index contributed by atoms with van der Waals surface area (Å²) in [6.07, 6.45) is 5.98. The maximum Gasteiger partial charge on any atom is 0.307 e. The van der Waals surface area contributed by atoms with Crippen LogP contribution in [0.15, 0.2) is 30.5 Å². The number of ether oxygens (including phenoxy) is 1. The van der Waals surface area contributed by atoms with Gasteiger partial charge in [-0.2, -0.15) is 0 Å². The number of nitrogens with zero attached hydrogens (tertiary/aromatic N) is 1. The molecule has 0 spiro atoms. The summed E-state index contributed by atoms with van der Waals surface area (Å²) in [5.74, 6) is -2.25. The quantitative estimate of drug-likeness (QED) is 0.817. The van der Waals surface area contributed by atoms with Gasteiger partial charge in [-0.05, 0) is 25.0 Å². The molecule has 2 unspecified atom stereocenters. The van der Waals surface area contributed by atoms with E-state index in [0.29, 0.717) is 24.4 Å². The largest absolute Gasteiger partial charge is 0.481 e. The van der Waals surface area contributed by atoms with Crippen LogP contribution < -0.4 is 10.1 Å². The molecule has 0 bridgehead atoms. The molecule has 0 fully saturated rings. The van der Waals surface area contributed by atoms with Crippen LogP contribution in [-0.2, 0) is 9.59 Å². The number of pyridine rings is 1. The van der Waals surface area contributed by atoms with Crippen molar-refractivity contribution < 1.29 is 19.4 Å². The summed E-state index contributed by atoms with van der Waals surface area (Å²) >= 11 is 0. The highest BCUT2D eigenvalue weighted by molar-refractivity contribution is 5.96. The Kier molecular flexibility index (Phi) is 4.34. The fourth-order valence-electron chi connectivity index (χ4n) is 2.25. The fraction of sp³-hybridized carbons (Fsp3) is 0.357. The summed E-state index contributed by atoms with van der Waals surface area (Å²) in [7, 11) is 1.46. The molecule has 20 heavy (non-hydrogen) atoms. The van der Waals surface area contributed by atoms with E-state index in [2.05, 4.69) is 10.3 Å². The summed E-state index contributed by atoms with van der Waals surface area (Å²) in [6, 6.07) is 3.34. The van der Waals surface area contributed by atoms with Crippen LogP contribution in [0.2, 0.25) is 0 Å². The van der Waals surface area contributed by atoms with Crippen LogP contribution in [0.3, 0.4) is 0 Å². The number of allylic oxidation sites excluding steroid dienone is 2. The van der Waals surface area contributed by atoms with E-state index in [4.69, 9.17) is 4.74 Å². The third kappa shape index (κ3) is 2.96. The molecule has 2 N–H and O–H groups in total. The number of hydrogen-bond donors (Lipinski definition) is 2. The molecule has 6 heteroatoms. The fourth-order valence-corrected chi connectivity index (χ4v) is 2.25. The van der Waals surface area contributed by atoms with E-state index in [1.165, 1.54) is 7.11 Å². The number of nitrogens with one attached hydrogen (secondary N) is 1. The number of carboxylic acid groups (broad SMARTS) is 1. The van der Waals surface area contributed by atoms with Gasteiger partial charge in [0.25, 0.3) is 0 Å². The Bertz CT molecular complexity index is 542. The number of anilines is 1. The minimum absolute atomic E-state index is 0.305. The zero-order chi connectivity index (χ0) is 14.5. The minimum atomic E-state index is -0.951. The molecule has 0 radical (unpaired) electrons. The molecule has 1 heterocycles. The van der Waals surface area contributed by atoms with Gasteiger partial charge in [0.2, 0.25) is 11.8 Å². The second kappa shape index (κ2) is 6.18. The Labute approximate surface area is 116 Å². The monoisotopic (exact) mass is 276 g/mol. The number of carbonyl (C=O) groups excluding carboxylic acids is 1. The van der Waals surface area contributed by atoms with E-state index in [1.54, 1.807) is 24.4 Å². The molecular formula is C14H16N2O4. The van der Waals surface area contributed by atoms with Crippen LogP contribution >= 0.6 is 0 Å². The molecule has 2 atom stereocenters. The van der Waals surface area contributed by atoms with Crippen molar-refractivity contribution in [1.82, 2.24) is 4.98 Å². The minimum Gasteiger partial charge on any atom is -0.481 e. The van der Waals surface area contributed by atoms with E-state index in [9.17, 15) is 14.7 Å². The average molecular weight is 276 g/mol. The van der Waals surface area contributed by atoms with Crippen LogP contribution in [-0.4, -0.2) is 29.1 Å². The number of aliphatic carboxylic acids is 1. The molecular weight excluding hydrogens is 260 g/mol. The van der Waals surface area contributed by atoms with Crippen molar-refractivity contribution in [2.75, 3.05) is 12.4 Å². The molecule has 1 amide bonds. The van der Waals surface area contributed by atoms with Gasteiger partial charge in [-0.3, -0.25) is 9.59 Å². The third-order valence-electron chi connectivity index (χ3n) is 3.31. The topological polar surface area (TPSA) is 88.5 Å². The van der Waals surface area contributed by atoms with Gasteiger partial charge in [0.1, 0.15) is 5.69 Å². The van der Waals surface area contributed by atoms with Gasteiger partial charge in [-0.1, -0.05) is 12.2 Å². The van der Waals surface area contributed by atoms with Crippen molar-refractivity contribution in [1.29, 1.82) is 0 Å². The highest BCUT2D eigenvalue weighted by Crippen LogP contribution is 2.28. The molecule has 1 aliphatic rings. The van der Waals surface area contributed by atoms with Gasteiger partial charge in [0, 0.05) is 6.20 Å².